The van der Waals surface area contributed by atoms with E-state index in [2.05, 4.69) is 53.3 Å². The SMILES string of the molecule is C=C(C)[C@@H](/C=C/[C@@H](C)[C@H]1CC[C@H]2C3CC[C@H]4C[C@@H](O)CC[C@]4(C)[C@H]3CC[C@]12C)CC. The molecule has 4 rings (SSSR count). The Morgan fingerprint density at radius 3 is 2.40 bits per heavy atom. The van der Waals surface area contributed by atoms with Crippen molar-refractivity contribution in [1.29, 1.82) is 0 Å². The predicted octanol–water partition coefficient (Wildman–Crippen LogP) is 7.80. The van der Waals surface area contributed by atoms with Crippen LogP contribution in [0.4, 0.5) is 0 Å². The van der Waals surface area contributed by atoms with Gasteiger partial charge in [0.05, 0.1) is 6.10 Å². The minimum atomic E-state index is -0.0249. The highest BCUT2D eigenvalue weighted by Crippen LogP contribution is 2.68. The highest BCUT2D eigenvalue weighted by molar-refractivity contribution is 5.13. The molecule has 1 unspecified atom stereocenters. The second-order valence-electron chi connectivity index (χ2n) is 12.4. The molecule has 0 amide bonds. The molecule has 4 aliphatic rings. The third-order valence-electron chi connectivity index (χ3n) is 11.1. The normalized spacial score (nSPS) is 47.9. The zero-order valence-corrected chi connectivity index (χ0v) is 20.5. The van der Waals surface area contributed by atoms with E-state index in [0.717, 1.165) is 42.4 Å². The van der Waals surface area contributed by atoms with Crippen LogP contribution < -0.4 is 0 Å². The summed E-state index contributed by atoms with van der Waals surface area (Å²) in [6, 6.07) is 0. The van der Waals surface area contributed by atoms with Crippen LogP contribution in [0.2, 0.25) is 0 Å². The van der Waals surface area contributed by atoms with Crippen molar-refractivity contribution in [3.05, 3.63) is 24.3 Å². The van der Waals surface area contributed by atoms with Crippen molar-refractivity contribution >= 4 is 0 Å². The molecule has 0 heterocycles. The van der Waals surface area contributed by atoms with Gasteiger partial charge in [0.2, 0.25) is 0 Å². The van der Waals surface area contributed by atoms with Crippen molar-refractivity contribution < 1.29 is 5.11 Å². The van der Waals surface area contributed by atoms with Gasteiger partial charge in [-0.1, -0.05) is 52.0 Å². The third kappa shape index (κ3) is 3.66. The standard InChI is InChI=1S/C29H48O/c1-7-21(19(2)3)9-8-20(4)25-12-13-26-24-11-10-22-18-23(30)14-16-28(22,5)27(24)15-17-29(25,26)6/h8-9,20-27,30H,2,7,10-18H2,1,3-6H3/b9-8+/t20-,21-,22+,23+,24?,25-,26+,27+,28+,29-/m1/s1. The highest BCUT2D eigenvalue weighted by Gasteiger charge is 2.60. The lowest BCUT2D eigenvalue weighted by Gasteiger charge is -2.61. The average Bonchev–Trinajstić information content (AvgIpc) is 3.06. The lowest BCUT2D eigenvalue weighted by atomic mass is 9.44. The quantitative estimate of drug-likeness (QED) is 0.457. The first kappa shape index (κ1) is 22.6. The van der Waals surface area contributed by atoms with Crippen LogP contribution in [0.1, 0.15) is 98.8 Å². The van der Waals surface area contributed by atoms with Crippen LogP contribution in [-0.2, 0) is 0 Å². The molecule has 0 spiro atoms. The summed E-state index contributed by atoms with van der Waals surface area (Å²) in [5, 5.41) is 10.3. The molecule has 0 radical (unpaired) electrons. The molecule has 4 aliphatic carbocycles. The van der Waals surface area contributed by atoms with E-state index in [1.807, 2.05) is 0 Å². The van der Waals surface area contributed by atoms with E-state index in [1.165, 1.54) is 56.9 Å². The van der Waals surface area contributed by atoms with Crippen LogP contribution in [-0.4, -0.2) is 11.2 Å². The summed E-state index contributed by atoms with van der Waals surface area (Å²) in [6.07, 6.45) is 18.1. The first-order valence-electron chi connectivity index (χ1n) is 13.2. The molecule has 10 atom stereocenters. The summed E-state index contributed by atoms with van der Waals surface area (Å²) in [5.74, 6) is 5.65. The molecular formula is C29H48O. The molecule has 1 nitrogen and oxygen atoms in total. The Labute approximate surface area is 186 Å². The first-order chi connectivity index (χ1) is 14.2. The van der Waals surface area contributed by atoms with Crippen LogP contribution in [0, 0.1) is 52.3 Å². The lowest BCUT2D eigenvalue weighted by Crippen LogP contribution is -2.54. The largest absolute Gasteiger partial charge is 0.393 e. The molecule has 4 saturated carbocycles. The number of aliphatic hydroxyl groups is 1. The molecule has 0 aromatic carbocycles. The number of allylic oxidation sites excluding steroid dienone is 3. The zero-order valence-electron chi connectivity index (χ0n) is 20.5. The summed E-state index contributed by atoms with van der Waals surface area (Å²) >= 11 is 0. The van der Waals surface area contributed by atoms with Crippen molar-refractivity contribution in [3.63, 3.8) is 0 Å². The Bertz CT molecular complexity index is 663. The molecule has 4 fully saturated rings. The zero-order chi connectivity index (χ0) is 21.7. The van der Waals surface area contributed by atoms with Crippen LogP contribution in [0.5, 0.6) is 0 Å². The van der Waals surface area contributed by atoms with Crippen LogP contribution in [0.3, 0.4) is 0 Å². The summed E-state index contributed by atoms with van der Waals surface area (Å²) in [5.41, 5.74) is 2.34. The second-order valence-corrected chi connectivity index (χ2v) is 12.4. The fourth-order valence-electron chi connectivity index (χ4n) is 9.23. The Balaban J connectivity index is 1.50. The van der Waals surface area contributed by atoms with Crippen LogP contribution in [0.25, 0.3) is 0 Å². The van der Waals surface area contributed by atoms with Crippen molar-refractivity contribution in [2.45, 2.75) is 105 Å². The van der Waals surface area contributed by atoms with E-state index in [-0.39, 0.29) is 6.10 Å². The van der Waals surface area contributed by atoms with Gasteiger partial charge in [0.25, 0.3) is 0 Å². The molecule has 170 valence electrons. The van der Waals surface area contributed by atoms with Crippen molar-refractivity contribution in [1.82, 2.24) is 0 Å². The van der Waals surface area contributed by atoms with E-state index < -0.39 is 0 Å². The molecular weight excluding hydrogens is 364 g/mol. The van der Waals surface area contributed by atoms with Crippen LogP contribution >= 0.6 is 0 Å². The van der Waals surface area contributed by atoms with Gasteiger partial charge in [0, 0.05) is 0 Å². The number of aliphatic hydroxyl groups excluding tert-OH is 1. The smallest absolute Gasteiger partial charge is 0.0543 e. The molecule has 30 heavy (non-hydrogen) atoms. The summed E-state index contributed by atoms with van der Waals surface area (Å²) < 4.78 is 0. The molecule has 0 saturated heterocycles. The van der Waals surface area contributed by atoms with E-state index in [1.54, 1.807) is 0 Å². The van der Waals surface area contributed by atoms with Crippen molar-refractivity contribution in [3.8, 4) is 0 Å². The molecule has 0 aromatic heterocycles. The van der Waals surface area contributed by atoms with Gasteiger partial charge in [-0.2, -0.15) is 0 Å². The molecule has 1 N–H and O–H groups in total. The summed E-state index contributed by atoms with van der Waals surface area (Å²) in [4.78, 5) is 0. The monoisotopic (exact) mass is 412 g/mol. The topological polar surface area (TPSA) is 20.2 Å². The van der Waals surface area contributed by atoms with Gasteiger partial charge < -0.3 is 5.11 Å². The minimum Gasteiger partial charge on any atom is -0.393 e. The summed E-state index contributed by atoms with van der Waals surface area (Å²) in [7, 11) is 0. The van der Waals surface area contributed by atoms with Gasteiger partial charge in [-0.05, 0) is 123 Å². The molecule has 0 aliphatic heterocycles. The van der Waals surface area contributed by atoms with Gasteiger partial charge in [0.15, 0.2) is 0 Å². The van der Waals surface area contributed by atoms with E-state index in [0.29, 0.717) is 22.7 Å². The van der Waals surface area contributed by atoms with Gasteiger partial charge in [-0.15, -0.1) is 0 Å². The van der Waals surface area contributed by atoms with E-state index in [9.17, 15) is 5.11 Å². The first-order valence-corrected chi connectivity index (χ1v) is 13.2. The minimum absolute atomic E-state index is 0.0249. The van der Waals surface area contributed by atoms with Gasteiger partial charge >= 0.3 is 0 Å². The number of fused-ring (bicyclic) bond motifs is 5. The molecule has 0 aromatic rings. The van der Waals surface area contributed by atoms with Gasteiger partial charge in [-0.25, -0.2) is 0 Å². The Morgan fingerprint density at radius 2 is 1.70 bits per heavy atom. The molecule has 1 heteroatoms. The maximum atomic E-state index is 10.3. The number of hydrogen-bond donors (Lipinski definition) is 1. The average molecular weight is 413 g/mol. The number of rotatable bonds is 5. The van der Waals surface area contributed by atoms with E-state index in [4.69, 9.17) is 0 Å². The summed E-state index contributed by atoms with van der Waals surface area (Å²) in [6.45, 7) is 16.4. The highest BCUT2D eigenvalue weighted by atomic mass is 16.3. The van der Waals surface area contributed by atoms with E-state index >= 15 is 0 Å². The van der Waals surface area contributed by atoms with Crippen molar-refractivity contribution in [2.75, 3.05) is 0 Å². The Kier molecular flexibility index (Phi) is 6.35. The lowest BCUT2D eigenvalue weighted by molar-refractivity contribution is -0.128. The predicted molar refractivity (Wildman–Crippen MR) is 128 cm³/mol. The number of hydrogen-bond acceptors (Lipinski definition) is 1. The third-order valence-corrected chi connectivity index (χ3v) is 11.1. The second kappa shape index (κ2) is 8.42. The maximum absolute atomic E-state index is 10.3. The maximum Gasteiger partial charge on any atom is 0.0543 e. The Morgan fingerprint density at radius 1 is 1.00 bits per heavy atom. The van der Waals surface area contributed by atoms with Gasteiger partial charge in [0.1, 0.15) is 0 Å². The van der Waals surface area contributed by atoms with Crippen molar-refractivity contribution in [2.24, 2.45) is 52.3 Å². The Hall–Kier alpha value is -0.560. The van der Waals surface area contributed by atoms with Crippen LogP contribution in [0.15, 0.2) is 24.3 Å². The fraction of sp³-hybridized carbons (Fsp3) is 0.862. The molecule has 0 bridgehead atoms. The fourth-order valence-corrected chi connectivity index (χ4v) is 9.23. The van der Waals surface area contributed by atoms with Gasteiger partial charge in [-0.3, -0.25) is 0 Å².